The predicted octanol–water partition coefficient (Wildman–Crippen LogP) is 1.58. The maximum atomic E-state index is 12.1. The zero-order chi connectivity index (χ0) is 14.8. The molecule has 1 rings (SSSR count). The Kier molecular flexibility index (Phi) is 7.41. The Bertz CT molecular complexity index is 488. The highest BCUT2D eigenvalue weighted by atomic mass is 16.5. The van der Waals surface area contributed by atoms with Crippen molar-refractivity contribution in [2.45, 2.75) is 25.8 Å². The molecule has 1 unspecified atom stereocenters. The first-order valence-corrected chi connectivity index (χ1v) is 6.70. The molecule has 1 amide bonds. The van der Waals surface area contributed by atoms with Crippen LogP contribution in [0.5, 0.6) is 0 Å². The van der Waals surface area contributed by atoms with Crippen molar-refractivity contribution in [1.82, 2.24) is 5.32 Å². The Balaban J connectivity index is 2.73. The van der Waals surface area contributed by atoms with Crippen LogP contribution in [0.3, 0.4) is 0 Å². The summed E-state index contributed by atoms with van der Waals surface area (Å²) in [6.07, 6.45) is 1.25. The Morgan fingerprint density at radius 1 is 1.50 bits per heavy atom. The molecule has 1 atom stereocenters. The summed E-state index contributed by atoms with van der Waals surface area (Å²) in [5.74, 6) is 5.63. The molecule has 0 radical (unpaired) electrons. The SMILES string of the molecule is CCC(COC)NC(=O)c1cccc(C#CCCO)c1. The number of rotatable bonds is 6. The molecule has 108 valence electrons. The van der Waals surface area contributed by atoms with Gasteiger partial charge in [0.15, 0.2) is 0 Å². The van der Waals surface area contributed by atoms with Crippen LogP contribution in [0, 0.1) is 11.8 Å². The molecule has 0 bridgehead atoms. The molecule has 20 heavy (non-hydrogen) atoms. The maximum absolute atomic E-state index is 12.1. The average molecular weight is 275 g/mol. The van der Waals surface area contributed by atoms with Crippen molar-refractivity contribution in [2.24, 2.45) is 0 Å². The molecule has 0 heterocycles. The number of aliphatic hydroxyl groups excluding tert-OH is 1. The summed E-state index contributed by atoms with van der Waals surface area (Å²) in [7, 11) is 1.62. The summed E-state index contributed by atoms with van der Waals surface area (Å²) in [6.45, 7) is 2.54. The first-order valence-electron chi connectivity index (χ1n) is 6.70. The van der Waals surface area contributed by atoms with E-state index in [1.807, 2.05) is 13.0 Å². The molecule has 2 N–H and O–H groups in total. The summed E-state index contributed by atoms with van der Waals surface area (Å²) < 4.78 is 5.06. The second-order valence-corrected chi connectivity index (χ2v) is 4.39. The summed E-state index contributed by atoms with van der Waals surface area (Å²) >= 11 is 0. The quantitative estimate of drug-likeness (QED) is 0.775. The van der Waals surface area contributed by atoms with E-state index < -0.39 is 0 Å². The summed E-state index contributed by atoms with van der Waals surface area (Å²) in [5.41, 5.74) is 1.35. The standard InChI is InChI=1S/C16H21NO3/c1-3-15(12-20-2)17-16(19)14-9-6-8-13(11-14)7-4-5-10-18/h6,8-9,11,15,18H,3,5,10,12H2,1-2H3,(H,17,19). The van der Waals surface area contributed by atoms with Crippen molar-refractivity contribution >= 4 is 5.91 Å². The smallest absolute Gasteiger partial charge is 0.251 e. The fraction of sp³-hybridized carbons (Fsp3) is 0.438. The molecule has 0 spiro atoms. The number of ether oxygens (including phenoxy) is 1. The van der Waals surface area contributed by atoms with Gasteiger partial charge in [-0.25, -0.2) is 0 Å². The van der Waals surface area contributed by atoms with Gasteiger partial charge >= 0.3 is 0 Å². The second-order valence-electron chi connectivity index (χ2n) is 4.39. The molecule has 4 heteroatoms. The molecule has 1 aromatic rings. The Morgan fingerprint density at radius 2 is 2.30 bits per heavy atom. The largest absolute Gasteiger partial charge is 0.395 e. The number of methoxy groups -OCH3 is 1. The van der Waals surface area contributed by atoms with E-state index in [1.165, 1.54) is 0 Å². The van der Waals surface area contributed by atoms with Crippen molar-refractivity contribution in [2.75, 3.05) is 20.3 Å². The van der Waals surface area contributed by atoms with Gasteiger partial charge in [-0.1, -0.05) is 24.8 Å². The van der Waals surface area contributed by atoms with E-state index in [0.717, 1.165) is 12.0 Å². The lowest BCUT2D eigenvalue weighted by Crippen LogP contribution is -2.37. The molecule has 0 aromatic heterocycles. The fourth-order valence-corrected chi connectivity index (χ4v) is 1.69. The van der Waals surface area contributed by atoms with Gasteiger partial charge in [0.25, 0.3) is 5.91 Å². The zero-order valence-corrected chi connectivity index (χ0v) is 12.0. The van der Waals surface area contributed by atoms with Gasteiger partial charge in [-0.15, -0.1) is 0 Å². The lowest BCUT2D eigenvalue weighted by molar-refractivity contribution is 0.0894. The lowest BCUT2D eigenvalue weighted by Gasteiger charge is -2.15. The van der Waals surface area contributed by atoms with Crippen molar-refractivity contribution in [1.29, 1.82) is 0 Å². The number of aliphatic hydroxyl groups is 1. The molecule has 0 aliphatic rings. The van der Waals surface area contributed by atoms with Crippen molar-refractivity contribution in [3.63, 3.8) is 0 Å². The highest BCUT2D eigenvalue weighted by Crippen LogP contribution is 2.05. The van der Waals surface area contributed by atoms with Crippen molar-refractivity contribution in [3.05, 3.63) is 35.4 Å². The monoisotopic (exact) mass is 275 g/mol. The maximum Gasteiger partial charge on any atom is 0.251 e. The van der Waals surface area contributed by atoms with Gasteiger partial charge in [0.05, 0.1) is 19.3 Å². The van der Waals surface area contributed by atoms with E-state index in [2.05, 4.69) is 17.2 Å². The van der Waals surface area contributed by atoms with Crippen LogP contribution in [0.25, 0.3) is 0 Å². The molecule has 0 aliphatic heterocycles. The molecular weight excluding hydrogens is 254 g/mol. The van der Waals surface area contributed by atoms with Crippen LogP contribution in [0.2, 0.25) is 0 Å². The number of hydrogen-bond acceptors (Lipinski definition) is 3. The minimum Gasteiger partial charge on any atom is -0.395 e. The Hall–Kier alpha value is -1.83. The normalized spacial score (nSPS) is 11.3. The second kappa shape index (κ2) is 9.13. The third-order valence-electron chi connectivity index (χ3n) is 2.79. The van der Waals surface area contributed by atoms with Crippen LogP contribution in [0.4, 0.5) is 0 Å². The highest BCUT2D eigenvalue weighted by molar-refractivity contribution is 5.94. The topological polar surface area (TPSA) is 58.6 Å². The average Bonchev–Trinajstić information content (AvgIpc) is 2.47. The van der Waals surface area contributed by atoms with Crippen LogP contribution < -0.4 is 5.32 Å². The predicted molar refractivity (Wildman–Crippen MR) is 78.4 cm³/mol. The molecule has 4 nitrogen and oxygen atoms in total. The molecule has 0 saturated heterocycles. The van der Waals surface area contributed by atoms with Crippen LogP contribution >= 0.6 is 0 Å². The number of carbonyl (C=O) groups excluding carboxylic acids is 1. The van der Waals surface area contributed by atoms with Crippen LogP contribution in [0.1, 0.15) is 35.7 Å². The number of carbonyl (C=O) groups is 1. The number of hydrogen-bond donors (Lipinski definition) is 2. The van der Waals surface area contributed by atoms with Crippen molar-refractivity contribution < 1.29 is 14.6 Å². The molecule has 0 aliphatic carbocycles. The van der Waals surface area contributed by atoms with Crippen molar-refractivity contribution in [3.8, 4) is 11.8 Å². The fourth-order valence-electron chi connectivity index (χ4n) is 1.69. The zero-order valence-electron chi connectivity index (χ0n) is 12.0. The van der Waals surface area contributed by atoms with Crippen LogP contribution in [0.15, 0.2) is 24.3 Å². The number of benzene rings is 1. The highest BCUT2D eigenvalue weighted by Gasteiger charge is 2.11. The van der Waals surface area contributed by atoms with E-state index in [-0.39, 0.29) is 18.6 Å². The molecule has 0 fully saturated rings. The van der Waals surface area contributed by atoms with E-state index in [4.69, 9.17) is 9.84 Å². The van der Waals surface area contributed by atoms with E-state index >= 15 is 0 Å². The lowest BCUT2D eigenvalue weighted by atomic mass is 10.1. The third-order valence-corrected chi connectivity index (χ3v) is 2.79. The summed E-state index contributed by atoms with van der Waals surface area (Å²) in [4.78, 5) is 12.1. The van der Waals surface area contributed by atoms with Crippen LogP contribution in [-0.4, -0.2) is 37.4 Å². The van der Waals surface area contributed by atoms with Gasteiger partial charge in [-0.3, -0.25) is 4.79 Å². The van der Waals surface area contributed by atoms with Gasteiger partial charge in [-0.05, 0) is 24.6 Å². The minimum absolute atomic E-state index is 0.0108. The number of nitrogens with one attached hydrogen (secondary N) is 1. The minimum atomic E-state index is -0.125. The summed E-state index contributed by atoms with van der Waals surface area (Å²) in [6, 6.07) is 7.16. The van der Waals surface area contributed by atoms with E-state index in [1.54, 1.807) is 25.3 Å². The van der Waals surface area contributed by atoms with Gasteiger partial charge in [0.2, 0.25) is 0 Å². The van der Waals surface area contributed by atoms with Gasteiger partial charge in [0.1, 0.15) is 0 Å². The number of amides is 1. The van der Waals surface area contributed by atoms with E-state index in [9.17, 15) is 4.79 Å². The van der Waals surface area contributed by atoms with Gasteiger partial charge < -0.3 is 15.2 Å². The Labute approximate surface area is 120 Å². The molecular formula is C16H21NO3. The molecule has 1 aromatic carbocycles. The van der Waals surface area contributed by atoms with Gasteiger partial charge in [0, 0.05) is 24.7 Å². The third kappa shape index (κ3) is 5.43. The van der Waals surface area contributed by atoms with E-state index in [0.29, 0.717) is 18.6 Å². The van der Waals surface area contributed by atoms with Crippen LogP contribution in [-0.2, 0) is 4.74 Å². The first-order chi connectivity index (χ1) is 9.71. The molecule has 0 saturated carbocycles. The summed E-state index contributed by atoms with van der Waals surface area (Å²) in [5, 5.41) is 11.6. The Morgan fingerprint density at radius 3 is 2.95 bits per heavy atom. The first kappa shape index (κ1) is 16.2. The van der Waals surface area contributed by atoms with Gasteiger partial charge in [-0.2, -0.15) is 0 Å².